The molecule has 0 saturated carbocycles. The van der Waals surface area contributed by atoms with Crippen LogP contribution in [0.5, 0.6) is 17.2 Å². The molecule has 1 aliphatic heterocycles. The lowest BCUT2D eigenvalue weighted by atomic mass is 9.95. The van der Waals surface area contributed by atoms with E-state index in [0.29, 0.717) is 58.3 Å². The third-order valence-electron chi connectivity index (χ3n) is 7.95. The summed E-state index contributed by atoms with van der Waals surface area (Å²) >= 11 is 2.71. The van der Waals surface area contributed by atoms with Gasteiger partial charge in [-0.3, -0.25) is 14.5 Å². The summed E-state index contributed by atoms with van der Waals surface area (Å²) in [5.74, 6) is 0.298. The number of hydrogen-bond acceptors (Lipinski definition) is 10. The average molecular weight is 708 g/mol. The molecule has 4 aromatic carbocycles. The molecule has 0 aliphatic carbocycles. The summed E-state index contributed by atoms with van der Waals surface area (Å²) in [6.45, 7) is 7.16. The van der Waals surface area contributed by atoms with Gasteiger partial charge in [-0.1, -0.05) is 96.2 Å². The van der Waals surface area contributed by atoms with Crippen molar-refractivity contribution in [2.45, 2.75) is 49.9 Å². The highest BCUT2D eigenvalue weighted by Gasteiger charge is 2.48. The topological polar surface area (TPSA) is 111 Å². The minimum Gasteiger partial charge on any atom is -0.507 e. The summed E-state index contributed by atoms with van der Waals surface area (Å²) in [5.41, 5.74) is 4.13. The fraction of sp³-hybridized carbons (Fsp3) is 0.231. The first-order valence-corrected chi connectivity index (χ1v) is 18.2. The lowest BCUT2D eigenvalue weighted by molar-refractivity contribution is -0.132. The number of ketones is 1. The lowest BCUT2D eigenvalue weighted by Crippen LogP contribution is -2.29. The monoisotopic (exact) mass is 707 g/mol. The van der Waals surface area contributed by atoms with E-state index in [0.717, 1.165) is 17.5 Å². The highest BCUT2D eigenvalue weighted by molar-refractivity contribution is 8.00. The number of Topliss-reactive ketones (excluding diaryl/α,β-unsaturated/α-hetero) is 1. The van der Waals surface area contributed by atoms with E-state index in [2.05, 4.69) is 34.5 Å². The molecule has 5 aromatic rings. The number of thioether (sulfide) groups is 1. The molecule has 1 aliphatic rings. The van der Waals surface area contributed by atoms with Gasteiger partial charge in [0.05, 0.1) is 24.8 Å². The molecule has 1 atom stereocenters. The lowest BCUT2D eigenvalue weighted by Gasteiger charge is -2.23. The average Bonchev–Trinajstić information content (AvgIpc) is 3.71. The molecule has 50 heavy (non-hydrogen) atoms. The van der Waals surface area contributed by atoms with Gasteiger partial charge >= 0.3 is 5.91 Å². The molecule has 1 saturated heterocycles. The molecule has 1 amide bonds. The van der Waals surface area contributed by atoms with E-state index in [1.807, 2.05) is 51.1 Å². The smallest absolute Gasteiger partial charge is 0.301 e. The van der Waals surface area contributed by atoms with Crippen molar-refractivity contribution in [2.24, 2.45) is 0 Å². The molecule has 256 valence electrons. The molecule has 0 spiro atoms. The Bertz CT molecular complexity index is 1980. The van der Waals surface area contributed by atoms with Crippen LogP contribution in [0.1, 0.15) is 54.1 Å². The van der Waals surface area contributed by atoms with Crippen LogP contribution in [0.25, 0.3) is 5.76 Å². The molecular weight excluding hydrogens is 671 g/mol. The van der Waals surface area contributed by atoms with E-state index in [1.54, 1.807) is 42.5 Å². The number of hydrogen-bond donors (Lipinski definition) is 1. The number of aliphatic hydroxyl groups excluding tert-OH is 1. The zero-order valence-electron chi connectivity index (χ0n) is 28.0. The summed E-state index contributed by atoms with van der Waals surface area (Å²) in [7, 11) is 0. The number of aromatic nitrogens is 2. The SMILES string of the molecule is CCCOc1ccc(C(O)=C2C(=O)C(=O)N(c3nnc(SCc4ccc(C)cc4)s3)C2c2ccc(OCc3ccccc3)c(OCC)c2)cc1. The van der Waals surface area contributed by atoms with Crippen molar-refractivity contribution in [1.29, 1.82) is 0 Å². The van der Waals surface area contributed by atoms with E-state index in [4.69, 9.17) is 14.2 Å². The van der Waals surface area contributed by atoms with Gasteiger partial charge in [-0.05, 0) is 73.4 Å². The Labute approximate surface area is 299 Å². The summed E-state index contributed by atoms with van der Waals surface area (Å²) in [4.78, 5) is 29.0. The third kappa shape index (κ3) is 7.85. The number of rotatable bonds is 14. The van der Waals surface area contributed by atoms with Crippen molar-refractivity contribution in [3.8, 4) is 17.2 Å². The molecular formula is C39H37N3O6S2. The Morgan fingerprint density at radius 2 is 1.62 bits per heavy atom. The zero-order chi connectivity index (χ0) is 35.0. The second kappa shape index (κ2) is 16.1. The molecule has 6 rings (SSSR count). The van der Waals surface area contributed by atoms with E-state index in [1.165, 1.54) is 33.6 Å². The Kier molecular flexibility index (Phi) is 11.1. The molecule has 0 bridgehead atoms. The number of carbonyl (C=O) groups excluding carboxylic acids is 2. The van der Waals surface area contributed by atoms with E-state index in [9.17, 15) is 14.7 Å². The van der Waals surface area contributed by atoms with Crippen molar-refractivity contribution in [1.82, 2.24) is 10.2 Å². The summed E-state index contributed by atoms with van der Waals surface area (Å²) in [5, 5.41) is 20.6. The highest BCUT2D eigenvalue weighted by atomic mass is 32.2. The molecule has 1 aromatic heterocycles. The maximum absolute atomic E-state index is 13.9. The van der Waals surface area contributed by atoms with Crippen LogP contribution in [0, 0.1) is 6.92 Å². The minimum absolute atomic E-state index is 0.0679. The summed E-state index contributed by atoms with van der Waals surface area (Å²) in [6, 6.07) is 29.1. The molecule has 1 N–H and O–H groups in total. The van der Waals surface area contributed by atoms with Gasteiger partial charge in [-0.2, -0.15) is 0 Å². The van der Waals surface area contributed by atoms with Crippen LogP contribution in [0.15, 0.2) is 107 Å². The molecule has 1 fully saturated rings. The summed E-state index contributed by atoms with van der Waals surface area (Å²) < 4.78 is 18.5. The zero-order valence-corrected chi connectivity index (χ0v) is 29.6. The van der Waals surface area contributed by atoms with Gasteiger partial charge < -0.3 is 19.3 Å². The Morgan fingerprint density at radius 1 is 0.860 bits per heavy atom. The second-order valence-corrected chi connectivity index (χ2v) is 13.8. The maximum Gasteiger partial charge on any atom is 0.301 e. The standard InChI is InChI=1S/C39H37N3O6S2/c1-4-21-47-30-18-15-28(16-19-30)35(43)33-34(29-17-20-31(32(22-29)46-5-2)48-23-26-9-7-6-8-10-26)42(37(45)36(33)44)38-40-41-39(50-38)49-24-27-13-11-25(3)12-14-27/h6-20,22,34,43H,4-5,21,23-24H2,1-3H3. The van der Waals surface area contributed by atoms with Gasteiger partial charge in [0.2, 0.25) is 5.13 Å². The molecule has 2 heterocycles. The third-order valence-corrected chi connectivity index (χ3v) is 10.1. The summed E-state index contributed by atoms with van der Waals surface area (Å²) in [6.07, 6.45) is 0.850. The Hall–Kier alpha value is -5.13. The van der Waals surface area contributed by atoms with E-state index < -0.39 is 17.7 Å². The van der Waals surface area contributed by atoms with Crippen molar-refractivity contribution < 1.29 is 28.9 Å². The van der Waals surface area contributed by atoms with Crippen molar-refractivity contribution in [2.75, 3.05) is 18.1 Å². The molecule has 0 radical (unpaired) electrons. The van der Waals surface area contributed by atoms with Gasteiger partial charge in [0.25, 0.3) is 5.78 Å². The number of amides is 1. The number of anilines is 1. The fourth-order valence-corrected chi connectivity index (χ4v) is 7.26. The number of carbonyl (C=O) groups is 2. The quantitative estimate of drug-likeness (QED) is 0.0399. The minimum atomic E-state index is -1.02. The molecule has 11 heteroatoms. The number of benzene rings is 4. The fourth-order valence-electron chi connectivity index (χ4n) is 5.43. The number of nitrogens with zero attached hydrogens (tertiary/aromatic N) is 3. The molecule has 1 unspecified atom stereocenters. The van der Waals surface area contributed by atoms with Gasteiger partial charge in [0, 0.05) is 11.3 Å². The highest BCUT2D eigenvalue weighted by Crippen LogP contribution is 2.46. The van der Waals surface area contributed by atoms with Crippen molar-refractivity contribution >= 4 is 45.7 Å². The molecule has 9 nitrogen and oxygen atoms in total. The van der Waals surface area contributed by atoms with Crippen LogP contribution in [-0.2, 0) is 21.9 Å². The van der Waals surface area contributed by atoms with Crippen LogP contribution in [-0.4, -0.2) is 40.2 Å². The first kappa shape index (κ1) is 34.7. The van der Waals surface area contributed by atoms with Gasteiger partial charge in [-0.25, -0.2) is 0 Å². The van der Waals surface area contributed by atoms with Crippen LogP contribution in [0.2, 0.25) is 0 Å². The number of aryl methyl sites for hydroxylation is 1. The van der Waals surface area contributed by atoms with Gasteiger partial charge in [0.15, 0.2) is 15.8 Å². The first-order chi connectivity index (χ1) is 24.4. The Morgan fingerprint density at radius 3 is 2.34 bits per heavy atom. The van der Waals surface area contributed by atoms with Crippen molar-refractivity contribution in [3.05, 3.63) is 130 Å². The van der Waals surface area contributed by atoms with Crippen LogP contribution >= 0.6 is 23.1 Å². The van der Waals surface area contributed by atoms with E-state index in [-0.39, 0.29) is 16.5 Å². The first-order valence-electron chi connectivity index (χ1n) is 16.4. The van der Waals surface area contributed by atoms with Gasteiger partial charge in [0.1, 0.15) is 18.1 Å². The predicted octanol–water partition coefficient (Wildman–Crippen LogP) is 8.53. The van der Waals surface area contributed by atoms with Gasteiger partial charge in [-0.15, -0.1) is 10.2 Å². The normalized spacial score (nSPS) is 15.3. The van der Waals surface area contributed by atoms with Crippen LogP contribution in [0.4, 0.5) is 5.13 Å². The van der Waals surface area contributed by atoms with E-state index >= 15 is 0 Å². The predicted molar refractivity (Wildman–Crippen MR) is 196 cm³/mol. The second-order valence-electron chi connectivity index (χ2n) is 11.6. The van der Waals surface area contributed by atoms with Crippen LogP contribution < -0.4 is 19.1 Å². The largest absolute Gasteiger partial charge is 0.507 e. The van der Waals surface area contributed by atoms with Crippen LogP contribution in [0.3, 0.4) is 0 Å². The number of ether oxygens (including phenoxy) is 3. The number of aliphatic hydroxyl groups is 1. The Balaban J connectivity index is 1.38. The van der Waals surface area contributed by atoms with Crippen molar-refractivity contribution in [3.63, 3.8) is 0 Å². The maximum atomic E-state index is 13.9.